The smallest absolute Gasteiger partial charge is 0.416 e. The fourth-order valence-corrected chi connectivity index (χ4v) is 5.99. The van der Waals surface area contributed by atoms with Crippen LogP contribution in [-0.4, -0.2) is 51.3 Å². The number of rotatable bonds is 11. The SMILES string of the molecule is CCOc1cc(-c2c(F)cccc2[C@@](CCCCOC)(OC)[C@]2(C)CCCN(C(C)=O)C2)cc(C(F)(F)F)c1. The first-order valence-electron chi connectivity index (χ1n) is 13.4. The van der Waals surface area contributed by atoms with Gasteiger partial charge in [-0.3, -0.25) is 4.79 Å². The highest BCUT2D eigenvalue weighted by molar-refractivity contribution is 5.74. The van der Waals surface area contributed by atoms with Gasteiger partial charge in [-0.05, 0) is 74.4 Å². The van der Waals surface area contributed by atoms with Gasteiger partial charge in [0.05, 0.1) is 12.2 Å². The van der Waals surface area contributed by atoms with E-state index in [1.807, 2.05) is 6.92 Å². The zero-order valence-electron chi connectivity index (χ0n) is 23.4. The van der Waals surface area contributed by atoms with Crippen LogP contribution in [0, 0.1) is 11.2 Å². The number of alkyl halides is 3. The van der Waals surface area contributed by atoms with Gasteiger partial charge in [-0.15, -0.1) is 0 Å². The molecule has 1 aliphatic heterocycles. The van der Waals surface area contributed by atoms with E-state index in [9.17, 15) is 18.0 Å². The third-order valence-electron chi connectivity index (χ3n) is 7.87. The molecule has 9 heteroatoms. The minimum atomic E-state index is -4.65. The number of carbonyl (C=O) groups is 1. The molecule has 1 fully saturated rings. The average molecular weight is 554 g/mol. The van der Waals surface area contributed by atoms with E-state index in [1.165, 1.54) is 19.1 Å². The number of methoxy groups -OCH3 is 2. The Bertz CT molecular complexity index is 1140. The van der Waals surface area contributed by atoms with E-state index in [-0.39, 0.29) is 29.4 Å². The Morgan fingerprint density at radius 1 is 1.13 bits per heavy atom. The number of likely N-dealkylation sites (tertiary alicyclic amines) is 1. The topological polar surface area (TPSA) is 48.0 Å². The van der Waals surface area contributed by atoms with Crippen LogP contribution < -0.4 is 4.74 Å². The van der Waals surface area contributed by atoms with Gasteiger partial charge in [-0.1, -0.05) is 19.1 Å². The van der Waals surface area contributed by atoms with Crippen molar-refractivity contribution in [3.8, 4) is 16.9 Å². The van der Waals surface area contributed by atoms with Crippen LogP contribution in [0.3, 0.4) is 0 Å². The summed E-state index contributed by atoms with van der Waals surface area (Å²) in [6.45, 7) is 6.88. The molecule has 0 bridgehead atoms. The Morgan fingerprint density at radius 2 is 1.87 bits per heavy atom. The van der Waals surface area contributed by atoms with Crippen LogP contribution in [0.15, 0.2) is 36.4 Å². The van der Waals surface area contributed by atoms with E-state index >= 15 is 4.39 Å². The van der Waals surface area contributed by atoms with Crippen LogP contribution >= 0.6 is 0 Å². The largest absolute Gasteiger partial charge is 0.494 e. The van der Waals surface area contributed by atoms with Gasteiger partial charge < -0.3 is 19.1 Å². The average Bonchev–Trinajstić information content (AvgIpc) is 2.88. The highest BCUT2D eigenvalue weighted by atomic mass is 19.4. The van der Waals surface area contributed by atoms with Crippen molar-refractivity contribution in [1.82, 2.24) is 4.90 Å². The summed E-state index contributed by atoms with van der Waals surface area (Å²) in [7, 11) is 3.17. The van der Waals surface area contributed by atoms with Gasteiger partial charge in [0, 0.05) is 51.8 Å². The Labute approximate surface area is 228 Å². The molecule has 5 nitrogen and oxygen atoms in total. The van der Waals surface area contributed by atoms with Crippen molar-refractivity contribution in [3.05, 3.63) is 53.3 Å². The fourth-order valence-electron chi connectivity index (χ4n) is 5.99. The number of unbranched alkanes of at least 4 members (excludes halogenated alkanes) is 1. The minimum Gasteiger partial charge on any atom is -0.494 e. The third kappa shape index (κ3) is 6.57. The maximum atomic E-state index is 15.8. The van der Waals surface area contributed by atoms with E-state index < -0.39 is 28.6 Å². The molecular weight excluding hydrogens is 514 g/mol. The van der Waals surface area contributed by atoms with E-state index in [0.717, 1.165) is 25.0 Å². The summed E-state index contributed by atoms with van der Waals surface area (Å²) in [4.78, 5) is 14.2. The van der Waals surface area contributed by atoms with E-state index in [2.05, 4.69) is 0 Å². The molecule has 0 aromatic heterocycles. The first kappa shape index (κ1) is 30.9. The number of amides is 1. The quantitative estimate of drug-likeness (QED) is 0.218. The summed E-state index contributed by atoms with van der Waals surface area (Å²) in [6.07, 6.45) is -1.39. The van der Waals surface area contributed by atoms with Crippen LogP contribution in [0.4, 0.5) is 17.6 Å². The maximum absolute atomic E-state index is 15.8. The molecule has 0 aliphatic carbocycles. The number of ether oxygens (including phenoxy) is 3. The number of carbonyl (C=O) groups excluding carboxylic acids is 1. The second kappa shape index (κ2) is 12.7. The summed E-state index contributed by atoms with van der Waals surface area (Å²) >= 11 is 0. The van der Waals surface area contributed by atoms with Crippen molar-refractivity contribution in [2.24, 2.45) is 5.41 Å². The summed E-state index contributed by atoms with van der Waals surface area (Å²) < 4.78 is 74.6. The Hall–Kier alpha value is -2.65. The van der Waals surface area contributed by atoms with Crippen molar-refractivity contribution in [1.29, 1.82) is 0 Å². The van der Waals surface area contributed by atoms with Gasteiger partial charge in [-0.25, -0.2) is 4.39 Å². The number of nitrogens with zero attached hydrogens (tertiary/aromatic N) is 1. The number of piperidine rings is 1. The van der Waals surface area contributed by atoms with Crippen molar-refractivity contribution >= 4 is 5.91 Å². The van der Waals surface area contributed by atoms with Gasteiger partial charge in [-0.2, -0.15) is 13.2 Å². The molecule has 0 saturated carbocycles. The number of hydrogen-bond acceptors (Lipinski definition) is 4. The second-order valence-electron chi connectivity index (χ2n) is 10.4. The molecule has 3 rings (SSSR count). The monoisotopic (exact) mass is 553 g/mol. The highest BCUT2D eigenvalue weighted by Crippen LogP contribution is 2.54. The summed E-state index contributed by atoms with van der Waals surface area (Å²) in [5.74, 6) is -0.717. The van der Waals surface area contributed by atoms with Crippen molar-refractivity contribution in [2.75, 3.05) is 40.5 Å². The molecule has 1 amide bonds. The molecule has 0 N–H and O–H groups in total. The van der Waals surface area contributed by atoms with Crippen LogP contribution in [0.5, 0.6) is 5.75 Å². The lowest BCUT2D eigenvalue weighted by atomic mass is 9.62. The first-order valence-corrected chi connectivity index (χ1v) is 13.4. The maximum Gasteiger partial charge on any atom is 0.416 e. The molecule has 0 radical (unpaired) electrons. The standard InChI is InChI=1S/C30H39F4NO4/c1-6-39-24-18-22(17-23(19-24)30(32,33)34)27-25(11-9-12-26(27)31)29(38-5,14-7-8-16-37-4)28(3)13-10-15-35(20-28)21(2)36/h9,11-12,17-19H,6-8,10,13-16,20H2,1-5H3/t28-,29-/m1/s1. The molecule has 39 heavy (non-hydrogen) atoms. The van der Waals surface area contributed by atoms with Crippen LogP contribution in [0.1, 0.15) is 64.0 Å². The second-order valence-corrected chi connectivity index (χ2v) is 10.4. The lowest BCUT2D eigenvalue weighted by Gasteiger charge is -2.53. The fraction of sp³-hybridized carbons (Fsp3) is 0.567. The molecule has 1 aliphatic rings. The Balaban J connectivity index is 2.30. The van der Waals surface area contributed by atoms with E-state index in [0.29, 0.717) is 44.5 Å². The molecule has 0 unspecified atom stereocenters. The van der Waals surface area contributed by atoms with Gasteiger partial charge in [0.25, 0.3) is 0 Å². The van der Waals surface area contributed by atoms with E-state index in [4.69, 9.17) is 14.2 Å². The summed E-state index contributed by atoms with van der Waals surface area (Å²) in [5, 5.41) is 0. The molecular formula is C30H39F4NO4. The molecule has 2 aromatic carbocycles. The summed E-state index contributed by atoms with van der Waals surface area (Å²) in [5.41, 5.74) is -2.12. The molecule has 0 spiro atoms. The Morgan fingerprint density at radius 3 is 2.49 bits per heavy atom. The number of hydrogen-bond donors (Lipinski definition) is 0. The first-order chi connectivity index (χ1) is 18.4. The van der Waals surface area contributed by atoms with Gasteiger partial charge in [0.1, 0.15) is 17.2 Å². The number of benzene rings is 2. The lowest BCUT2D eigenvalue weighted by Crippen LogP contribution is -2.55. The zero-order valence-corrected chi connectivity index (χ0v) is 23.4. The zero-order chi connectivity index (χ0) is 28.8. The minimum absolute atomic E-state index is 0.00581. The molecule has 1 saturated heterocycles. The van der Waals surface area contributed by atoms with Crippen molar-refractivity contribution in [3.63, 3.8) is 0 Å². The van der Waals surface area contributed by atoms with Crippen molar-refractivity contribution < 1.29 is 36.6 Å². The van der Waals surface area contributed by atoms with Gasteiger partial charge in [0.15, 0.2) is 0 Å². The molecule has 2 atom stereocenters. The van der Waals surface area contributed by atoms with Crippen LogP contribution in [-0.2, 0) is 26.0 Å². The van der Waals surface area contributed by atoms with Gasteiger partial charge in [0.2, 0.25) is 5.91 Å². The predicted molar refractivity (Wildman–Crippen MR) is 142 cm³/mol. The van der Waals surface area contributed by atoms with Crippen LogP contribution in [0.2, 0.25) is 0 Å². The van der Waals surface area contributed by atoms with Crippen LogP contribution in [0.25, 0.3) is 11.1 Å². The van der Waals surface area contributed by atoms with Gasteiger partial charge >= 0.3 is 6.18 Å². The molecule has 1 heterocycles. The number of halogens is 4. The highest BCUT2D eigenvalue weighted by Gasteiger charge is 2.53. The molecule has 216 valence electrons. The lowest BCUT2D eigenvalue weighted by molar-refractivity contribution is -0.157. The third-order valence-corrected chi connectivity index (χ3v) is 7.87. The predicted octanol–water partition coefficient (Wildman–Crippen LogP) is 7.22. The normalized spacial score (nSPS) is 19.6. The summed E-state index contributed by atoms with van der Waals surface area (Å²) in [6, 6.07) is 7.86. The Kier molecular flexibility index (Phi) is 10.0. The van der Waals surface area contributed by atoms with E-state index in [1.54, 1.807) is 38.2 Å². The molecule has 2 aromatic rings. The van der Waals surface area contributed by atoms with Crippen molar-refractivity contribution in [2.45, 2.75) is 64.7 Å².